The van der Waals surface area contributed by atoms with Crippen LogP contribution in [-0.2, 0) is 6.54 Å². The molecule has 1 saturated heterocycles. The predicted octanol–water partition coefficient (Wildman–Crippen LogP) is 3.27. The van der Waals surface area contributed by atoms with Crippen LogP contribution < -0.4 is 15.4 Å². The summed E-state index contributed by atoms with van der Waals surface area (Å²) in [7, 11) is 1.61. The van der Waals surface area contributed by atoms with Crippen LogP contribution in [0.1, 0.15) is 32.3 Å². The second-order valence-corrected chi connectivity index (χ2v) is 7.19. The number of nitrogens with zero attached hydrogens (tertiary/aromatic N) is 1. The van der Waals surface area contributed by atoms with Crippen molar-refractivity contribution in [3.05, 3.63) is 28.8 Å². The lowest BCUT2D eigenvalue weighted by atomic mass is 10.0. The average molecular weight is 354 g/mol. The Morgan fingerprint density at radius 3 is 2.71 bits per heavy atom. The molecule has 2 amide bonds. The van der Waals surface area contributed by atoms with E-state index in [1.54, 1.807) is 13.2 Å². The van der Waals surface area contributed by atoms with Gasteiger partial charge in [0.1, 0.15) is 5.75 Å². The summed E-state index contributed by atoms with van der Waals surface area (Å²) < 4.78 is 5.29. The van der Waals surface area contributed by atoms with Gasteiger partial charge < -0.3 is 20.3 Å². The number of carbonyl (C=O) groups is 1. The predicted molar refractivity (Wildman–Crippen MR) is 97.7 cm³/mol. The molecule has 2 N–H and O–H groups in total. The fraction of sp³-hybridized carbons (Fsp3) is 0.611. The van der Waals surface area contributed by atoms with Crippen molar-refractivity contribution in [1.82, 2.24) is 15.5 Å². The van der Waals surface area contributed by atoms with E-state index in [4.69, 9.17) is 16.3 Å². The number of piperidine rings is 1. The van der Waals surface area contributed by atoms with Crippen LogP contribution in [0.3, 0.4) is 0 Å². The largest absolute Gasteiger partial charge is 0.496 e. The number of halogens is 1. The zero-order valence-corrected chi connectivity index (χ0v) is 15.5. The quantitative estimate of drug-likeness (QED) is 0.825. The fourth-order valence-corrected chi connectivity index (χ4v) is 3.27. The highest BCUT2D eigenvalue weighted by Gasteiger charge is 2.21. The average Bonchev–Trinajstić information content (AvgIpc) is 2.54. The van der Waals surface area contributed by atoms with E-state index < -0.39 is 0 Å². The minimum absolute atomic E-state index is 0.140. The Labute approximate surface area is 149 Å². The normalized spacial score (nSPS) is 16.2. The van der Waals surface area contributed by atoms with Crippen molar-refractivity contribution in [2.45, 2.75) is 39.3 Å². The fourth-order valence-electron chi connectivity index (χ4n) is 3.07. The number of ether oxygens (including phenoxy) is 1. The SMILES string of the molecule is COc1ccc(Cl)cc1CNC(=O)NC1CCN(CC(C)C)CC1. The molecular formula is C18H28ClN3O2. The van der Waals surface area contributed by atoms with E-state index in [2.05, 4.69) is 29.4 Å². The number of likely N-dealkylation sites (tertiary alicyclic amines) is 1. The summed E-state index contributed by atoms with van der Waals surface area (Å²) in [6, 6.07) is 5.50. The van der Waals surface area contributed by atoms with Gasteiger partial charge in [0.15, 0.2) is 0 Å². The third kappa shape index (κ3) is 5.87. The number of rotatable bonds is 6. The first-order valence-electron chi connectivity index (χ1n) is 8.57. The lowest BCUT2D eigenvalue weighted by Crippen LogP contribution is -2.48. The maximum absolute atomic E-state index is 12.1. The van der Waals surface area contributed by atoms with Gasteiger partial charge in [0, 0.05) is 42.8 Å². The number of urea groups is 1. The molecule has 5 nitrogen and oxygen atoms in total. The molecule has 0 atom stereocenters. The molecule has 0 aromatic heterocycles. The minimum Gasteiger partial charge on any atom is -0.496 e. The molecule has 0 unspecified atom stereocenters. The Bertz CT molecular complexity index is 543. The van der Waals surface area contributed by atoms with Gasteiger partial charge in [0.25, 0.3) is 0 Å². The number of amides is 2. The van der Waals surface area contributed by atoms with Gasteiger partial charge in [-0.3, -0.25) is 0 Å². The van der Waals surface area contributed by atoms with Gasteiger partial charge in [-0.15, -0.1) is 0 Å². The molecule has 1 aromatic rings. The van der Waals surface area contributed by atoms with Crippen LogP contribution in [0, 0.1) is 5.92 Å². The van der Waals surface area contributed by atoms with Gasteiger partial charge in [0.05, 0.1) is 7.11 Å². The van der Waals surface area contributed by atoms with Crippen LogP contribution in [0.2, 0.25) is 5.02 Å². The van der Waals surface area contributed by atoms with Gasteiger partial charge in [-0.05, 0) is 37.0 Å². The molecular weight excluding hydrogens is 326 g/mol. The van der Waals surface area contributed by atoms with E-state index in [9.17, 15) is 4.79 Å². The molecule has 0 spiro atoms. The van der Waals surface area contributed by atoms with Gasteiger partial charge in [0.2, 0.25) is 0 Å². The van der Waals surface area contributed by atoms with E-state index in [-0.39, 0.29) is 12.1 Å². The molecule has 134 valence electrons. The van der Waals surface area contributed by atoms with Gasteiger partial charge in [-0.1, -0.05) is 25.4 Å². The lowest BCUT2D eigenvalue weighted by Gasteiger charge is -2.33. The molecule has 0 aliphatic carbocycles. The Balaban J connectivity index is 1.75. The Hall–Kier alpha value is -1.46. The molecule has 0 bridgehead atoms. The second kappa shape index (κ2) is 9.14. The molecule has 24 heavy (non-hydrogen) atoms. The third-order valence-corrected chi connectivity index (χ3v) is 4.46. The molecule has 1 aliphatic rings. The van der Waals surface area contributed by atoms with Gasteiger partial charge in [-0.25, -0.2) is 4.79 Å². The lowest BCUT2D eigenvalue weighted by molar-refractivity contribution is 0.178. The summed E-state index contributed by atoms with van der Waals surface area (Å²) in [5.74, 6) is 1.41. The Kier molecular flexibility index (Phi) is 7.18. The zero-order chi connectivity index (χ0) is 17.5. The summed E-state index contributed by atoms with van der Waals surface area (Å²) in [5, 5.41) is 6.58. The Morgan fingerprint density at radius 1 is 1.38 bits per heavy atom. The third-order valence-electron chi connectivity index (χ3n) is 4.23. The summed E-state index contributed by atoms with van der Waals surface area (Å²) in [6.07, 6.45) is 2.00. The number of hydrogen-bond donors (Lipinski definition) is 2. The topological polar surface area (TPSA) is 53.6 Å². The highest BCUT2D eigenvalue weighted by Crippen LogP contribution is 2.22. The first kappa shape index (κ1) is 18.9. The minimum atomic E-state index is -0.140. The number of nitrogens with one attached hydrogen (secondary N) is 2. The van der Waals surface area contributed by atoms with Crippen LogP contribution in [0.25, 0.3) is 0 Å². The van der Waals surface area contributed by atoms with Gasteiger partial charge in [-0.2, -0.15) is 0 Å². The van der Waals surface area contributed by atoms with E-state index in [1.807, 2.05) is 12.1 Å². The number of benzene rings is 1. The van der Waals surface area contributed by atoms with Crippen molar-refractivity contribution in [3.8, 4) is 5.75 Å². The van der Waals surface area contributed by atoms with Crippen LogP contribution in [-0.4, -0.2) is 43.7 Å². The molecule has 1 aliphatic heterocycles. The van der Waals surface area contributed by atoms with E-state index in [0.717, 1.165) is 43.8 Å². The zero-order valence-electron chi connectivity index (χ0n) is 14.8. The summed E-state index contributed by atoms with van der Waals surface area (Å²) in [4.78, 5) is 14.6. The van der Waals surface area contributed by atoms with Crippen LogP contribution in [0.5, 0.6) is 5.75 Å². The van der Waals surface area contributed by atoms with Gasteiger partial charge >= 0.3 is 6.03 Å². The summed E-state index contributed by atoms with van der Waals surface area (Å²) in [6.45, 7) is 8.09. The van der Waals surface area contributed by atoms with Crippen LogP contribution >= 0.6 is 11.6 Å². The number of carbonyl (C=O) groups excluding carboxylic acids is 1. The molecule has 1 aromatic carbocycles. The molecule has 1 fully saturated rings. The second-order valence-electron chi connectivity index (χ2n) is 6.75. The highest BCUT2D eigenvalue weighted by molar-refractivity contribution is 6.30. The van der Waals surface area contributed by atoms with Crippen molar-refractivity contribution >= 4 is 17.6 Å². The maximum Gasteiger partial charge on any atom is 0.315 e. The van der Waals surface area contributed by atoms with Crippen LogP contribution in [0.4, 0.5) is 4.79 Å². The van der Waals surface area contributed by atoms with Crippen molar-refractivity contribution < 1.29 is 9.53 Å². The molecule has 0 saturated carbocycles. The van der Waals surface area contributed by atoms with Crippen molar-refractivity contribution in [3.63, 3.8) is 0 Å². The van der Waals surface area contributed by atoms with Crippen molar-refractivity contribution in [2.75, 3.05) is 26.7 Å². The number of methoxy groups -OCH3 is 1. The maximum atomic E-state index is 12.1. The molecule has 0 radical (unpaired) electrons. The highest BCUT2D eigenvalue weighted by atomic mass is 35.5. The standard InChI is InChI=1S/C18H28ClN3O2/c1-13(2)12-22-8-6-16(7-9-22)21-18(23)20-11-14-10-15(19)4-5-17(14)24-3/h4-5,10,13,16H,6-9,11-12H2,1-3H3,(H2,20,21,23). The summed E-state index contributed by atoms with van der Waals surface area (Å²) >= 11 is 6.01. The van der Waals surface area contributed by atoms with E-state index in [0.29, 0.717) is 17.5 Å². The first-order chi connectivity index (χ1) is 11.5. The summed E-state index contributed by atoms with van der Waals surface area (Å²) in [5.41, 5.74) is 0.868. The Morgan fingerprint density at radius 2 is 2.08 bits per heavy atom. The van der Waals surface area contributed by atoms with E-state index in [1.165, 1.54) is 0 Å². The number of hydrogen-bond acceptors (Lipinski definition) is 3. The molecule has 6 heteroatoms. The first-order valence-corrected chi connectivity index (χ1v) is 8.95. The van der Waals surface area contributed by atoms with Crippen molar-refractivity contribution in [1.29, 1.82) is 0 Å². The van der Waals surface area contributed by atoms with Crippen LogP contribution in [0.15, 0.2) is 18.2 Å². The molecule has 1 heterocycles. The smallest absolute Gasteiger partial charge is 0.315 e. The molecule has 2 rings (SSSR count). The van der Waals surface area contributed by atoms with E-state index >= 15 is 0 Å². The van der Waals surface area contributed by atoms with Crippen molar-refractivity contribution in [2.24, 2.45) is 5.92 Å². The monoisotopic (exact) mass is 353 g/mol.